The van der Waals surface area contributed by atoms with Crippen molar-refractivity contribution >= 4 is 34.5 Å². The molecule has 1 unspecified atom stereocenters. The van der Waals surface area contributed by atoms with E-state index in [1.165, 1.54) is 22.5 Å². The molecule has 0 aliphatic heterocycles. The highest BCUT2D eigenvalue weighted by atomic mass is 35.5. The van der Waals surface area contributed by atoms with Gasteiger partial charge in [-0.2, -0.15) is 5.10 Å². The molecule has 0 saturated heterocycles. The highest BCUT2D eigenvalue weighted by molar-refractivity contribution is 6.31. The summed E-state index contributed by atoms with van der Waals surface area (Å²) in [5.74, 6) is 0.0903. The van der Waals surface area contributed by atoms with Crippen LogP contribution in [0.25, 0.3) is 16.8 Å². The molecule has 1 aromatic carbocycles. The quantitative estimate of drug-likeness (QED) is 0.333. The van der Waals surface area contributed by atoms with E-state index in [0.717, 1.165) is 0 Å². The average molecular weight is 457 g/mol. The van der Waals surface area contributed by atoms with Gasteiger partial charge in [0.1, 0.15) is 11.3 Å². The number of hydrogen-bond donors (Lipinski definition) is 4. The molecule has 3 aromatic heterocycles. The van der Waals surface area contributed by atoms with Crippen LogP contribution in [0.2, 0.25) is 5.02 Å². The van der Waals surface area contributed by atoms with Crippen LogP contribution in [0.3, 0.4) is 0 Å². The van der Waals surface area contributed by atoms with Crippen molar-refractivity contribution < 1.29 is 19.7 Å². The Labute approximate surface area is 187 Å². The zero-order valence-electron chi connectivity index (χ0n) is 17.1. The molecule has 166 valence electrons. The third-order valence-electron chi connectivity index (χ3n) is 4.89. The van der Waals surface area contributed by atoms with Crippen LogP contribution in [-0.2, 0) is 6.54 Å². The lowest BCUT2D eigenvalue weighted by atomic mass is 10.1. The zero-order valence-corrected chi connectivity index (χ0v) is 17.8. The van der Waals surface area contributed by atoms with Crippen molar-refractivity contribution in [3.05, 3.63) is 59.4 Å². The molecule has 0 spiro atoms. The largest absolute Gasteiger partial charge is 0.496 e. The third kappa shape index (κ3) is 3.98. The van der Waals surface area contributed by atoms with Crippen molar-refractivity contribution in [2.45, 2.75) is 12.6 Å². The number of ether oxygens (including phenoxy) is 1. The van der Waals surface area contributed by atoms with Gasteiger partial charge in [-0.1, -0.05) is 17.7 Å². The standard InChI is InChI=1S/C21H21ClN6O4/c1-32-17-6-5-12(22)8-14(17)19-15(9-24-28(19)10-13(30)11-29)25-21(31)18-16-4-2-3-7-27(16)26-20(18)23/h2-9,13,29-30H,10-11H2,1H3,(H2,23,26)(H,25,31). The summed E-state index contributed by atoms with van der Waals surface area (Å²) in [4.78, 5) is 13.2. The van der Waals surface area contributed by atoms with Crippen molar-refractivity contribution in [2.75, 3.05) is 24.8 Å². The van der Waals surface area contributed by atoms with Crippen molar-refractivity contribution in [3.8, 4) is 17.0 Å². The van der Waals surface area contributed by atoms with Crippen LogP contribution in [0.15, 0.2) is 48.8 Å². The summed E-state index contributed by atoms with van der Waals surface area (Å²) in [6.45, 7) is -0.469. The highest BCUT2D eigenvalue weighted by Crippen LogP contribution is 2.37. The Morgan fingerprint density at radius 3 is 2.91 bits per heavy atom. The van der Waals surface area contributed by atoms with Gasteiger partial charge in [-0.15, -0.1) is 5.10 Å². The van der Waals surface area contributed by atoms with E-state index in [0.29, 0.717) is 33.2 Å². The number of carbonyl (C=O) groups excluding carboxylic acids is 1. The minimum Gasteiger partial charge on any atom is -0.496 e. The molecule has 4 rings (SSSR count). The molecule has 0 bridgehead atoms. The van der Waals surface area contributed by atoms with Crippen LogP contribution in [0.4, 0.5) is 11.5 Å². The van der Waals surface area contributed by atoms with Crippen LogP contribution in [0.1, 0.15) is 10.4 Å². The molecule has 11 heteroatoms. The molecular weight excluding hydrogens is 436 g/mol. The lowest BCUT2D eigenvalue weighted by Crippen LogP contribution is -2.21. The monoisotopic (exact) mass is 456 g/mol. The molecular formula is C21H21ClN6O4. The van der Waals surface area contributed by atoms with Gasteiger partial charge in [0.2, 0.25) is 0 Å². The molecule has 0 aliphatic carbocycles. The van der Waals surface area contributed by atoms with Crippen LogP contribution in [-0.4, -0.2) is 55.3 Å². The van der Waals surface area contributed by atoms with Crippen LogP contribution < -0.4 is 15.8 Å². The van der Waals surface area contributed by atoms with E-state index in [4.69, 9.17) is 22.1 Å². The number of aliphatic hydroxyl groups is 2. The number of anilines is 2. The third-order valence-corrected chi connectivity index (χ3v) is 5.13. The molecule has 0 radical (unpaired) electrons. The summed E-state index contributed by atoms with van der Waals surface area (Å²) < 4.78 is 8.44. The Balaban J connectivity index is 1.80. The number of amides is 1. The minimum atomic E-state index is -1.06. The molecule has 0 fully saturated rings. The number of fused-ring (bicyclic) bond motifs is 1. The lowest BCUT2D eigenvalue weighted by molar-refractivity contribution is 0.0787. The first-order valence-electron chi connectivity index (χ1n) is 9.65. The number of aromatic nitrogens is 4. The van der Waals surface area contributed by atoms with Gasteiger partial charge in [0, 0.05) is 16.8 Å². The first-order chi connectivity index (χ1) is 15.4. The fraction of sp³-hybridized carbons (Fsp3) is 0.190. The number of carbonyl (C=O) groups is 1. The van der Waals surface area contributed by atoms with Crippen molar-refractivity contribution in [1.29, 1.82) is 0 Å². The topological polar surface area (TPSA) is 140 Å². The van der Waals surface area contributed by atoms with Gasteiger partial charge in [-0.25, -0.2) is 4.52 Å². The summed E-state index contributed by atoms with van der Waals surface area (Å²) in [6.07, 6.45) is 2.08. The second-order valence-electron chi connectivity index (χ2n) is 7.01. The summed E-state index contributed by atoms with van der Waals surface area (Å²) in [5.41, 5.74) is 8.10. The molecule has 3 heterocycles. The predicted octanol–water partition coefficient (Wildman–Crippen LogP) is 2.05. The number of nitrogens with one attached hydrogen (secondary N) is 1. The fourth-order valence-electron chi connectivity index (χ4n) is 3.46. The number of nitrogens with two attached hydrogens (primary N) is 1. The number of nitrogen functional groups attached to an aromatic ring is 1. The van der Waals surface area contributed by atoms with E-state index in [2.05, 4.69) is 15.5 Å². The number of methoxy groups -OCH3 is 1. The molecule has 4 aromatic rings. The van der Waals surface area contributed by atoms with Gasteiger partial charge >= 0.3 is 0 Å². The van der Waals surface area contributed by atoms with E-state index < -0.39 is 18.6 Å². The average Bonchev–Trinajstić information content (AvgIpc) is 3.32. The molecule has 1 atom stereocenters. The normalized spacial score (nSPS) is 12.1. The maximum Gasteiger partial charge on any atom is 0.261 e. The summed E-state index contributed by atoms with van der Waals surface area (Å²) in [7, 11) is 1.51. The zero-order chi connectivity index (χ0) is 22.8. The smallest absolute Gasteiger partial charge is 0.261 e. The van der Waals surface area contributed by atoms with E-state index in [1.54, 1.807) is 42.6 Å². The molecule has 10 nitrogen and oxygen atoms in total. The van der Waals surface area contributed by atoms with E-state index >= 15 is 0 Å². The number of rotatable bonds is 7. The highest BCUT2D eigenvalue weighted by Gasteiger charge is 2.23. The van der Waals surface area contributed by atoms with Crippen molar-refractivity contribution in [2.24, 2.45) is 0 Å². The number of hydrogen-bond acceptors (Lipinski definition) is 7. The Morgan fingerprint density at radius 1 is 1.34 bits per heavy atom. The summed E-state index contributed by atoms with van der Waals surface area (Å²) in [6, 6.07) is 10.3. The molecule has 0 aliphatic rings. The first kappa shape index (κ1) is 21.6. The van der Waals surface area contributed by atoms with Gasteiger partial charge in [0.05, 0.1) is 49.5 Å². The van der Waals surface area contributed by atoms with Gasteiger partial charge < -0.3 is 26.0 Å². The van der Waals surface area contributed by atoms with Gasteiger partial charge in [0.15, 0.2) is 5.82 Å². The number of pyridine rings is 1. The van der Waals surface area contributed by atoms with Crippen LogP contribution in [0, 0.1) is 0 Å². The van der Waals surface area contributed by atoms with Gasteiger partial charge in [0.25, 0.3) is 5.91 Å². The second-order valence-corrected chi connectivity index (χ2v) is 7.45. The summed E-state index contributed by atoms with van der Waals surface area (Å²) in [5, 5.41) is 31.0. The van der Waals surface area contributed by atoms with Crippen molar-refractivity contribution in [3.63, 3.8) is 0 Å². The SMILES string of the molecule is COc1ccc(Cl)cc1-c1c(NC(=O)c2c(N)nn3ccccc23)cnn1CC(O)CO. The molecule has 1 amide bonds. The first-order valence-corrected chi connectivity index (χ1v) is 10.0. The fourth-order valence-corrected chi connectivity index (χ4v) is 3.63. The summed E-state index contributed by atoms with van der Waals surface area (Å²) >= 11 is 6.21. The molecule has 32 heavy (non-hydrogen) atoms. The van der Waals surface area contributed by atoms with Gasteiger partial charge in [-0.3, -0.25) is 9.48 Å². The predicted molar refractivity (Wildman–Crippen MR) is 120 cm³/mol. The van der Waals surface area contributed by atoms with E-state index in [1.807, 2.05) is 0 Å². The van der Waals surface area contributed by atoms with Gasteiger partial charge in [-0.05, 0) is 30.3 Å². The molecule has 5 N–H and O–H groups in total. The Bertz CT molecular complexity index is 1280. The Kier molecular flexibility index (Phi) is 5.99. The van der Waals surface area contributed by atoms with Crippen LogP contribution >= 0.6 is 11.6 Å². The number of halogens is 1. The molecule has 0 saturated carbocycles. The second kappa shape index (κ2) is 8.87. The maximum atomic E-state index is 13.2. The van der Waals surface area contributed by atoms with E-state index in [9.17, 15) is 15.0 Å². The Morgan fingerprint density at radius 2 is 2.16 bits per heavy atom. The maximum absolute atomic E-state index is 13.2. The van der Waals surface area contributed by atoms with Crippen molar-refractivity contribution in [1.82, 2.24) is 19.4 Å². The van der Waals surface area contributed by atoms with E-state index in [-0.39, 0.29) is 17.9 Å². The number of aliphatic hydroxyl groups excluding tert-OH is 2. The minimum absolute atomic E-state index is 0.0176. The number of benzene rings is 1. The lowest BCUT2D eigenvalue weighted by Gasteiger charge is -2.15. The van der Waals surface area contributed by atoms with Crippen LogP contribution in [0.5, 0.6) is 5.75 Å². The number of nitrogens with zero attached hydrogens (tertiary/aromatic N) is 4. The Hall–Kier alpha value is -3.60.